The van der Waals surface area contributed by atoms with Gasteiger partial charge in [-0.2, -0.15) is 0 Å². The number of ether oxygens (including phenoxy) is 1. The van der Waals surface area contributed by atoms with Crippen LogP contribution in [0.4, 0.5) is 5.69 Å². The quantitative estimate of drug-likeness (QED) is 0.635. The monoisotopic (exact) mass is 425 g/mol. The highest BCUT2D eigenvalue weighted by Crippen LogP contribution is 2.33. The fourth-order valence-electron chi connectivity index (χ4n) is 4.68. The number of carbonyl (C=O) groups excluding carboxylic acids is 1. The van der Waals surface area contributed by atoms with E-state index in [-0.39, 0.29) is 12.5 Å². The SMILES string of the molecule is Cc1cc(Cl)cc2c1OCC(C(=O)Nc1ccc(C[N+](C)(C)C3CCCC3)cc1)=C2. The summed E-state index contributed by atoms with van der Waals surface area (Å²) in [6.45, 7) is 3.22. The summed E-state index contributed by atoms with van der Waals surface area (Å²) >= 11 is 6.15. The lowest BCUT2D eigenvalue weighted by Crippen LogP contribution is -2.46. The second-order valence-electron chi connectivity index (χ2n) is 9.13. The number of hydrogen-bond acceptors (Lipinski definition) is 2. The Morgan fingerprint density at radius 2 is 1.87 bits per heavy atom. The maximum Gasteiger partial charge on any atom is 0.255 e. The van der Waals surface area contributed by atoms with Gasteiger partial charge in [0, 0.05) is 21.8 Å². The standard InChI is InChI=1S/C25H29ClN2O2/c1-17-12-21(26)14-19-13-20(16-30-24(17)19)25(29)27-22-10-8-18(9-11-22)15-28(2,3)23-6-4-5-7-23/h8-14,23H,4-7,15-16H2,1-3H3/p+1. The molecule has 0 atom stereocenters. The van der Waals surface area contributed by atoms with Crippen molar-refractivity contribution in [3.05, 3.63) is 63.7 Å². The number of rotatable bonds is 5. The normalized spacial score (nSPS) is 16.6. The van der Waals surface area contributed by atoms with Crippen LogP contribution in [0.2, 0.25) is 5.02 Å². The van der Waals surface area contributed by atoms with Gasteiger partial charge in [-0.15, -0.1) is 0 Å². The number of fused-ring (bicyclic) bond motifs is 1. The molecule has 1 aliphatic heterocycles. The predicted molar refractivity (Wildman–Crippen MR) is 123 cm³/mol. The van der Waals surface area contributed by atoms with E-state index < -0.39 is 0 Å². The third kappa shape index (κ3) is 4.55. The van der Waals surface area contributed by atoms with Crippen LogP contribution in [0.1, 0.15) is 42.4 Å². The topological polar surface area (TPSA) is 38.3 Å². The molecular formula is C25H30ClN2O2+. The summed E-state index contributed by atoms with van der Waals surface area (Å²) in [4.78, 5) is 12.7. The molecule has 30 heavy (non-hydrogen) atoms. The molecule has 1 N–H and O–H groups in total. The average Bonchev–Trinajstić information content (AvgIpc) is 3.24. The van der Waals surface area contributed by atoms with Gasteiger partial charge < -0.3 is 14.5 Å². The number of quaternary nitrogens is 1. The van der Waals surface area contributed by atoms with Gasteiger partial charge in [-0.25, -0.2) is 0 Å². The lowest BCUT2D eigenvalue weighted by atomic mass is 10.0. The number of nitrogens with zero attached hydrogens (tertiary/aromatic N) is 1. The van der Waals surface area contributed by atoms with Gasteiger partial charge in [0.2, 0.25) is 0 Å². The van der Waals surface area contributed by atoms with E-state index in [2.05, 4.69) is 31.5 Å². The number of amides is 1. The highest BCUT2D eigenvalue weighted by molar-refractivity contribution is 6.31. The summed E-state index contributed by atoms with van der Waals surface area (Å²) < 4.78 is 6.84. The van der Waals surface area contributed by atoms with Gasteiger partial charge in [0.15, 0.2) is 0 Å². The van der Waals surface area contributed by atoms with Crippen LogP contribution in [0.25, 0.3) is 6.08 Å². The predicted octanol–water partition coefficient (Wildman–Crippen LogP) is 5.58. The molecule has 1 heterocycles. The molecule has 158 valence electrons. The lowest BCUT2D eigenvalue weighted by molar-refractivity contribution is -0.927. The summed E-state index contributed by atoms with van der Waals surface area (Å²) in [5, 5.41) is 3.63. The smallest absolute Gasteiger partial charge is 0.255 e. The second-order valence-corrected chi connectivity index (χ2v) is 9.56. The van der Waals surface area contributed by atoms with Crippen molar-refractivity contribution < 1.29 is 14.0 Å². The number of halogens is 1. The molecule has 2 aliphatic rings. The molecule has 4 nitrogen and oxygen atoms in total. The highest BCUT2D eigenvalue weighted by Gasteiger charge is 2.31. The van der Waals surface area contributed by atoms with Crippen LogP contribution in [0.15, 0.2) is 42.0 Å². The second kappa shape index (κ2) is 8.44. The van der Waals surface area contributed by atoms with E-state index in [1.165, 1.54) is 31.2 Å². The minimum absolute atomic E-state index is 0.145. The molecule has 5 heteroatoms. The van der Waals surface area contributed by atoms with Crippen LogP contribution < -0.4 is 10.1 Å². The van der Waals surface area contributed by atoms with Gasteiger partial charge in [-0.1, -0.05) is 23.7 Å². The summed E-state index contributed by atoms with van der Waals surface area (Å²) in [6.07, 6.45) is 7.22. The Morgan fingerprint density at radius 1 is 1.17 bits per heavy atom. The van der Waals surface area contributed by atoms with Gasteiger partial charge in [0.25, 0.3) is 5.91 Å². The Balaban J connectivity index is 1.42. The molecule has 0 unspecified atom stereocenters. The Hall–Kier alpha value is -2.30. The summed E-state index contributed by atoms with van der Waals surface area (Å²) in [5.41, 5.74) is 4.50. The van der Waals surface area contributed by atoms with Gasteiger partial charge in [-0.05, 0) is 68.5 Å². The highest BCUT2D eigenvalue weighted by atomic mass is 35.5. The molecule has 0 radical (unpaired) electrons. The third-order valence-electron chi connectivity index (χ3n) is 6.38. The van der Waals surface area contributed by atoms with Crippen molar-refractivity contribution in [1.29, 1.82) is 0 Å². The fourth-order valence-corrected chi connectivity index (χ4v) is 4.96. The van der Waals surface area contributed by atoms with E-state index in [0.717, 1.165) is 39.6 Å². The van der Waals surface area contributed by atoms with Gasteiger partial charge >= 0.3 is 0 Å². The minimum Gasteiger partial charge on any atom is -0.488 e. The zero-order chi connectivity index (χ0) is 21.3. The number of aryl methyl sites for hydroxylation is 1. The zero-order valence-corrected chi connectivity index (χ0v) is 18.8. The first-order valence-corrected chi connectivity index (χ1v) is 11.1. The van der Waals surface area contributed by atoms with Crippen molar-refractivity contribution in [1.82, 2.24) is 0 Å². The first-order valence-electron chi connectivity index (χ1n) is 10.7. The van der Waals surface area contributed by atoms with E-state index in [0.29, 0.717) is 10.6 Å². The Morgan fingerprint density at radius 3 is 2.57 bits per heavy atom. The number of carbonyl (C=O) groups is 1. The zero-order valence-electron chi connectivity index (χ0n) is 18.0. The molecule has 0 saturated heterocycles. The van der Waals surface area contributed by atoms with Crippen LogP contribution in [0.3, 0.4) is 0 Å². The molecule has 1 aliphatic carbocycles. The third-order valence-corrected chi connectivity index (χ3v) is 6.59. The van der Waals surface area contributed by atoms with Crippen molar-refractivity contribution in [3.63, 3.8) is 0 Å². The Labute approximate surface area is 184 Å². The van der Waals surface area contributed by atoms with Crippen LogP contribution >= 0.6 is 11.6 Å². The maximum absolute atomic E-state index is 12.7. The summed E-state index contributed by atoms with van der Waals surface area (Å²) in [5.74, 6) is 0.649. The molecule has 0 bridgehead atoms. The number of nitrogens with one attached hydrogen (secondary N) is 1. The van der Waals surface area contributed by atoms with Gasteiger partial charge in [0.1, 0.15) is 18.9 Å². The molecule has 1 fully saturated rings. The largest absolute Gasteiger partial charge is 0.488 e. The van der Waals surface area contributed by atoms with Crippen molar-refractivity contribution in [2.24, 2.45) is 0 Å². The van der Waals surface area contributed by atoms with E-state index in [9.17, 15) is 4.79 Å². The van der Waals surface area contributed by atoms with Crippen molar-refractivity contribution in [3.8, 4) is 5.75 Å². The molecule has 2 aromatic rings. The molecular weight excluding hydrogens is 396 g/mol. The van der Waals surface area contributed by atoms with Crippen LogP contribution in [-0.4, -0.2) is 37.1 Å². The number of hydrogen-bond donors (Lipinski definition) is 1. The average molecular weight is 426 g/mol. The number of benzene rings is 2. The van der Waals surface area contributed by atoms with Gasteiger partial charge in [0.05, 0.1) is 25.7 Å². The summed E-state index contributed by atoms with van der Waals surface area (Å²) in [6, 6.07) is 12.7. The molecule has 1 amide bonds. The van der Waals surface area contributed by atoms with Crippen molar-refractivity contribution in [2.45, 2.75) is 45.2 Å². The minimum atomic E-state index is -0.145. The maximum atomic E-state index is 12.7. The van der Waals surface area contributed by atoms with E-state index in [4.69, 9.17) is 16.3 Å². The van der Waals surface area contributed by atoms with Crippen molar-refractivity contribution >= 4 is 29.3 Å². The first-order chi connectivity index (χ1) is 14.3. The Bertz CT molecular complexity index is 973. The summed E-state index contributed by atoms with van der Waals surface area (Å²) in [7, 11) is 4.65. The lowest BCUT2D eigenvalue weighted by Gasteiger charge is -2.36. The van der Waals surface area contributed by atoms with Crippen LogP contribution in [-0.2, 0) is 11.3 Å². The fraction of sp³-hybridized carbons (Fsp3) is 0.400. The van der Waals surface area contributed by atoms with Gasteiger partial charge in [-0.3, -0.25) is 4.79 Å². The van der Waals surface area contributed by atoms with Crippen molar-refractivity contribution in [2.75, 3.05) is 26.0 Å². The van der Waals surface area contributed by atoms with Crippen LogP contribution in [0, 0.1) is 6.92 Å². The van der Waals surface area contributed by atoms with E-state index >= 15 is 0 Å². The Kier molecular flexibility index (Phi) is 5.90. The molecule has 1 saturated carbocycles. The van der Waals surface area contributed by atoms with E-state index in [1.54, 1.807) is 0 Å². The molecule has 2 aromatic carbocycles. The molecule has 4 rings (SSSR count). The number of anilines is 1. The molecule has 0 spiro atoms. The molecule has 0 aromatic heterocycles. The van der Waals surface area contributed by atoms with E-state index in [1.807, 2.05) is 37.3 Å². The first kappa shape index (κ1) is 21.0. The van der Waals surface area contributed by atoms with Crippen LogP contribution in [0.5, 0.6) is 5.75 Å².